The lowest BCUT2D eigenvalue weighted by Crippen LogP contribution is -2.57. The average Bonchev–Trinajstić information content (AvgIpc) is 3.40. The number of fused-ring (bicyclic) bond motifs is 1. The minimum Gasteiger partial charge on any atom is -0.344 e. The first-order valence-electron chi connectivity index (χ1n) is 12.0. The van der Waals surface area contributed by atoms with Crippen molar-refractivity contribution in [3.63, 3.8) is 0 Å². The molecule has 1 saturated heterocycles. The summed E-state index contributed by atoms with van der Waals surface area (Å²) in [5.41, 5.74) is 0.249. The largest absolute Gasteiger partial charge is 0.355 e. The first-order valence-corrected chi connectivity index (χ1v) is 12.0. The molecule has 36 heavy (non-hydrogen) atoms. The van der Waals surface area contributed by atoms with Crippen LogP contribution in [0.5, 0.6) is 0 Å². The fourth-order valence-electron chi connectivity index (χ4n) is 4.36. The van der Waals surface area contributed by atoms with E-state index in [0.29, 0.717) is 24.4 Å². The van der Waals surface area contributed by atoms with E-state index in [1.165, 1.54) is 24.0 Å². The molecule has 2 N–H and O–H groups in total. The summed E-state index contributed by atoms with van der Waals surface area (Å²) in [6.07, 6.45) is 0.973. The predicted octanol–water partition coefficient (Wildman–Crippen LogP) is 1.03. The van der Waals surface area contributed by atoms with Gasteiger partial charge in [0.1, 0.15) is 18.1 Å². The number of amides is 5. The second-order valence-corrected chi connectivity index (χ2v) is 9.70. The molecule has 0 saturated carbocycles. The first-order chi connectivity index (χ1) is 16.9. The van der Waals surface area contributed by atoms with E-state index in [4.69, 9.17) is 4.84 Å². The molecule has 1 aromatic rings. The Morgan fingerprint density at radius 1 is 0.917 bits per heavy atom. The van der Waals surface area contributed by atoms with Gasteiger partial charge in [-0.15, -0.1) is 0 Å². The fourth-order valence-corrected chi connectivity index (χ4v) is 4.36. The molecule has 194 valence electrons. The molecule has 0 unspecified atom stereocenters. The molecule has 11 nitrogen and oxygen atoms in total. The van der Waals surface area contributed by atoms with Crippen LogP contribution in [0, 0.1) is 11.8 Å². The molecule has 0 spiro atoms. The van der Waals surface area contributed by atoms with Crippen LogP contribution in [0.3, 0.4) is 0 Å². The Balaban J connectivity index is 1.71. The summed E-state index contributed by atoms with van der Waals surface area (Å²) < 4.78 is 0. The van der Waals surface area contributed by atoms with Gasteiger partial charge in [0.25, 0.3) is 11.8 Å². The van der Waals surface area contributed by atoms with E-state index in [1.54, 1.807) is 39.8 Å². The topological polar surface area (TPSA) is 142 Å². The number of hydrogen-bond acceptors (Lipinski definition) is 7. The Morgan fingerprint density at radius 2 is 1.47 bits per heavy atom. The lowest BCUT2D eigenvalue weighted by molar-refractivity contribution is -0.173. The molecule has 5 amide bonds. The SMILES string of the molecule is CC(=O)N[C@H](C(=O)N1CCC[C@H]1C(=O)N[C@H](C(=O)ON1C(=O)c2ccccc2C1=O)C(C)C)C(C)C. The number of benzene rings is 1. The van der Waals surface area contributed by atoms with E-state index in [1.807, 2.05) is 0 Å². The maximum Gasteiger partial charge on any atom is 0.355 e. The van der Waals surface area contributed by atoms with Crippen molar-refractivity contribution in [2.45, 2.75) is 65.6 Å². The van der Waals surface area contributed by atoms with Crippen LogP contribution in [0.4, 0.5) is 0 Å². The molecule has 11 heteroatoms. The zero-order valence-corrected chi connectivity index (χ0v) is 21.1. The van der Waals surface area contributed by atoms with E-state index in [9.17, 15) is 28.8 Å². The van der Waals surface area contributed by atoms with Gasteiger partial charge in [-0.1, -0.05) is 44.9 Å². The smallest absolute Gasteiger partial charge is 0.344 e. The minimum atomic E-state index is -1.17. The highest BCUT2D eigenvalue weighted by molar-refractivity contribution is 6.21. The zero-order valence-electron chi connectivity index (χ0n) is 21.1. The van der Waals surface area contributed by atoms with Gasteiger partial charge in [0.15, 0.2) is 0 Å². The molecule has 1 fully saturated rings. The number of rotatable bonds is 8. The molecule has 0 aliphatic carbocycles. The maximum atomic E-state index is 13.2. The maximum absolute atomic E-state index is 13.2. The van der Waals surface area contributed by atoms with Gasteiger partial charge in [0, 0.05) is 13.5 Å². The van der Waals surface area contributed by atoms with E-state index >= 15 is 0 Å². The van der Waals surface area contributed by atoms with E-state index < -0.39 is 47.7 Å². The Kier molecular flexibility index (Phi) is 8.11. The van der Waals surface area contributed by atoms with Crippen LogP contribution in [0.1, 0.15) is 68.2 Å². The third-order valence-corrected chi connectivity index (χ3v) is 6.29. The third-order valence-electron chi connectivity index (χ3n) is 6.29. The van der Waals surface area contributed by atoms with Crippen LogP contribution in [0.2, 0.25) is 0 Å². The van der Waals surface area contributed by atoms with Crippen molar-refractivity contribution >= 4 is 35.5 Å². The molecule has 0 aromatic heterocycles. The lowest BCUT2D eigenvalue weighted by Gasteiger charge is -2.31. The summed E-state index contributed by atoms with van der Waals surface area (Å²) in [4.78, 5) is 82.5. The van der Waals surface area contributed by atoms with Crippen LogP contribution in [0.15, 0.2) is 24.3 Å². The number of hydroxylamine groups is 2. The summed E-state index contributed by atoms with van der Waals surface area (Å²) in [7, 11) is 0. The monoisotopic (exact) mass is 500 g/mol. The standard InChI is InChI=1S/C25H32N4O7/c1-13(2)19(26-15(5)30)24(34)28-12-8-11-18(28)21(31)27-20(14(3)4)25(35)36-29-22(32)16-9-6-7-10-17(16)23(29)33/h6-7,9-10,13-14,18-20H,8,11-12H2,1-5H3,(H,26,30)(H,27,31)/t18-,19-,20-/m0/s1. The van der Waals surface area contributed by atoms with Crippen molar-refractivity contribution in [1.29, 1.82) is 0 Å². The van der Waals surface area contributed by atoms with Gasteiger partial charge < -0.3 is 20.4 Å². The highest BCUT2D eigenvalue weighted by Crippen LogP contribution is 2.24. The zero-order chi connectivity index (χ0) is 26.7. The van der Waals surface area contributed by atoms with Crippen molar-refractivity contribution < 1.29 is 33.6 Å². The highest BCUT2D eigenvalue weighted by Gasteiger charge is 2.42. The van der Waals surface area contributed by atoms with Crippen LogP contribution in [0.25, 0.3) is 0 Å². The summed E-state index contributed by atoms with van der Waals surface area (Å²) in [5.74, 6) is -4.39. The van der Waals surface area contributed by atoms with Gasteiger partial charge >= 0.3 is 5.97 Å². The first kappa shape index (κ1) is 26.8. The Bertz CT molecular complexity index is 1050. The molecule has 0 bridgehead atoms. The summed E-state index contributed by atoms with van der Waals surface area (Å²) in [6, 6.07) is 3.32. The van der Waals surface area contributed by atoms with Crippen molar-refractivity contribution in [1.82, 2.24) is 20.6 Å². The second-order valence-electron chi connectivity index (χ2n) is 9.70. The summed E-state index contributed by atoms with van der Waals surface area (Å²) >= 11 is 0. The van der Waals surface area contributed by atoms with E-state index in [0.717, 1.165) is 0 Å². The number of nitrogens with one attached hydrogen (secondary N) is 2. The second kappa shape index (κ2) is 10.9. The lowest BCUT2D eigenvalue weighted by atomic mass is 10.0. The molecule has 3 atom stereocenters. The minimum absolute atomic E-state index is 0.124. The Morgan fingerprint density at radius 3 is 1.97 bits per heavy atom. The van der Waals surface area contributed by atoms with E-state index in [-0.39, 0.29) is 28.9 Å². The molecule has 2 aliphatic heterocycles. The van der Waals surface area contributed by atoms with Gasteiger partial charge in [-0.3, -0.25) is 24.0 Å². The van der Waals surface area contributed by atoms with Crippen LogP contribution < -0.4 is 10.6 Å². The molecule has 3 rings (SSSR count). The van der Waals surface area contributed by atoms with Crippen molar-refractivity contribution in [2.24, 2.45) is 11.8 Å². The van der Waals surface area contributed by atoms with Gasteiger partial charge in [-0.2, -0.15) is 0 Å². The number of carbonyl (C=O) groups is 6. The number of imide groups is 1. The van der Waals surface area contributed by atoms with Crippen molar-refractivity contribution in [3.05, 3.63) is 35.4 Å². The van der Waals surface area contributed by atoms with Crippen molar-refractivity contribution in [2.75, 3.05) is 6.54 Å². The van der Waals surface area contributed by atoms with Gasteiger partial charge in [-0.05, 0) is 36.8 Å². The van der Waals surface area contributed by atoms with Gasteiger partial charge in [-0.25, -0.2) is 4.79 Å². The summed E-state index contributed by atoms with van der Waals surface area (Å²) in [6.45, 7) is 8.62. The average molecular weight is 501 g/mol. The normalized spacial score (nSPS) is 18.8. The van der Waals surface area contributed by atoms with Gasteiger partial charge in [0.2, 0.25) is 17.7 Å². The van der Waals surface area contributed by atoms with E-state index in [2.05, 4.69) is 10.6 Å². The predicted molar refractivity (Wildman–Crippen MR) is 127 cm³/mol. The quantitative estimate of drug-likeness (QED) is 0.508. The van der Waals surface area contributed by atoms with Crippen LogP contribution in [-0.2, 0) is 24.0 Å². The third kappa shape index (κ3) is 5.39. The Hall–Kier alpha value is -3.76. The van der Waals surface area contributed by atoms with Gasteiger partial charge in [0.05, 0.1) is 11.1 Å². The number of hydrogen-bond donors (Lipinski definition) is 2. The van der Waals surface area contributed by atoms with Crippen molar-refractivity contribution in [3.8, 4) is 0 Å². The molecule has 2 aliphatic rings. The molecule has 0 radical (unpaired) electrons. The molecular weight excluding hydrogens is 468 g/mol. The molecular formula is C25H32N4O7. The number of nitrogens with zero attached hydrogens (tertiary/aromatic N) is 2. The number of carbonyl (C=O) groups excluding carboxylic acids is 6. The molecule has 2 heterocycles. The molecule has 1 aromatic carbocycles. The van der Waals surface area contributed by atoms with Crippen LogP contribution >= 0.6 is 0 Å². The number of likely N-dealkylation sites (tertiary alicyclic amines) is 1. The Labute approximate surface area is 209 Å². The summed E-state index contributed by atoms with van der Waals surface area (Å²) in [5, 5.41) is 5.68. The van der Waals surface area contributed by atoms with Crippen LogP contribution in [-0.4, -0.2) is 70.1 Å². The highest BCUT2D eigenvalue weighted by atomic mass is 16.7. The fraction of sp³-hybridized carbons (Fsp3) is 0.520.